The second-order valence-corrected chi connectivity index (χ2v) is 7.64. The fraction of sp³-hybridized carbons (Fsp3) is 0.579. The SMILES string of the molecule is Cc1cc(N[C@@H]2CC(=O)N(C)[C@H]2c2c(C)nn(C)c2C)nc(C2CC2)n1. The maximum Gasteiger partial charge on any atom is 0.225 e. The van der Waals surface area contributed by atoms with Crippen molar-refractivity contribution in [3.63, 3.8) is 0 Å². The number of hydrogen-bond acceptors (Lipinski definition) is 5. The van der Waals surface area contributed by atoms with Crippen LogP contribution in [0.25, 0.3) is 0 Å². The fourth-order valence-electron chi connectivity index (χ4n) is 3.99. The molecule has 138 valence electrons. The quantitative estimate of drug-likeness (QED) is 0.912. The van der Waals surface area contributed by atoms with E-state index in [1.807, 2.05) is 43.6 Å². The Morgan fingerprint density at radius 1 is 1.15 bits per heavy atom. The smallest absolute Gasteiger partial charge is 0.225 e. The number of amides is 1. The minimum Gasteiger partial charge on any atom is -0.364 e. The van der Waals surface area contributed by atoms with E-state index < -0.39 is 0 Å². The Morgan fingerprint density at radius 3 is 2.50 bits per heavy atom. The summed E-state index contributed by atoms with van der Waals surface area (Å²) in [6, 6.07) is 1.89. The van der Waals surface area contributed by atoms with Gasteiger partial charge < -0.3 is 10.2 Å². The molecule has 3 heterocycles. The van der Waals surface area contributed by atoms with Crippen LogP contribution in [-0.4, -0.2) is 43.6 Å². The first-order chi connectivity index (χ1) is 12.3. The van der Waals surface area contributed by atoms with Crippen LogP contribution in [0.5, 0.6) is 0 Å². The molecule has 2 aromatic rings. The van der Waals surface area contributed by atoms with Gasteiger partial charge in [-0.3, -0.25) is 9.48 Å². The number of nitrogens with zero attached hydrogens (tertiary/aromatic N) is 5. The van der Waals surface area contributed by atoms with Crippen LogP contribution < -0.4 is 5.32 Å². The molecule has 0 bridgehead atoms. The molecule has 26 heavy (non-hydrogen) atoms. The predicted octanol–water partition coefficient (Wildman–Crippen LogP) is 2.40. The molecule has 1 aliphatic heterocycles. The summed E-state index contributed by atoms with van der Waals surface area (Å²) in [5.41, 5.74) is 4.16. The van der Waals surface area contributed by atoms with Gasteiger partial charge in [0.1, 0.15) is 11.6 Å². The molecule has 7 heteroatoms. The maximum absolute atomic E-state index is 12.5. The van der Waals surface area contributed by atoms with E-state index in [4.69, 9.17) is 4.98 Å². The number of nitrogens with one attached hydrogen (secondary N) is 1. The second kappa shape index (κ2) is 6.07. The van der Waals surface area contributed by atoms with Crippen LogP contribution in [0.2, 0.25) is 0 Å². The van der Waals surface area contributed by atoms with Crippen LogP contribution >= 0.6 is 0 Å². The lowest BCUT2D eigenvalue weighted by Gasteiger charge is -2.26. The van der Waals surface area contributed by atoms with Crippen molar-refractivity contribution in [2.75, 3.05) is 12.4 Å². The van der Waals surface area contributed by atoms with E-state index in [-0.39, 0.29) is 18.0 Å². The van der Waals surface area contributed by atoms with E-state index in [9.17, 15) is 4.79 Å². The largest absolute Gasteiger partial charge is 0.364 e. The highest BCUT2D eigenvalue weighted by Gasteiger charge is 2.41. The molecule has 1 saturated heterocycles. The summed E-state index contributed by atoms with van der Waals surface area (Å²) < 4.78 is 1.89. The number of likely N-dealkylation sites (tertiary alicyclic amines) is 1. The van der Waals surface area contributed by atoms with Crippen LogP contribution in [0.4, 0.5) is 5.82 Å². The first kappa shape index (κ1) is 17.0. The van der Waals surface area contributed by atoms with Crippen molar-refractivity contribution in [2.45, 2.75) is 58.0 Å². The van der Waals surface area contributed by atoms with Crippen molar-refractivity contribution in [3.8, 4) is 0 Å². The molecule has 1 aliphatic carbocycles. The molecule has 1 N–H and O–H groups in total. The highest BCUT2D eigenvalue weighted by Crippen LogP contribution is 2.39. The van der Waals surface area contributed by atoms with Crippen molar-refractivity contribution < 1.29 is 4.79 Å². The van der Waals surface area contributed by atoms with Gasteiger partial charge in [0.25, 0.3) is 0 Å². The summed E-state index contributed by atoms with van der Waals surface area (Å²) in [5.74, 6) is 2.39. The molecule has 2 fully saturated rings. The Bertz CT molecular complexity index is 869. The molecule has 2 atom stereocenters. The van der Waals surface area contributed by atoms with E-state index in [1.54, 1.807) is 0 Å². The third kappa shape index (κ3) is 2.85. The number of likely N-dealkylation sites (N-methyl/N-ethyl adjacent to an activating group) is 1. The maximum atomic E-state index is 12.5. The molecule has 2 aromatic heterocycles. The number of carbonyl (C=O) groups is 1. The number of hydrogen-bond donors (Lipinski definition) is 1. The second-order valence-electron chi connectivity index (χ2n) is 7.64. The van der Waals surface area contributed by atoms with Crippen LogP contribution in [0.1, 0.15) is 59.7 Å². The topological polar surface area (TPSA) is 75.9 Å². The normalized spacial score (nSPS) is 23.0. The van der Waals surface area contributed by atoms with Gasteiger partial charge in [-0.05, 0) is 33.6 Å². The van der Waals surface area contributed by atoms with Gasteiger partial charge in [-0.1, -0.05) is 0 Å². The van der Waals surface area contributed by atoms with Gasteiger partial charge in [0, 0.05) is 49.5 Å². The van der Waals surface area contributed by atoms with E-state index >= 15 is 0 Å². The average Bonchev–Trinajstić information content (AvgIpc) is 3.34. The van der Waals surface area contributed by atoms with Crippen molar-refractivity contribution >= 4 is 11.7 Å². The van der Waals surface area contributed by atoms with Gasteiger partial charge in [0.2, 0.25) is 5.91 Å². The number of rotatable bonds is 4. The summed E-state index contributed by atoms with van der Waals surface area (Å²) in [6.07, 6.45) is 2.80. The molecule has 0 aromatic carbocycles. The van der Waals surface area contributed by atoms with Gasteiger partial charge >= 0.3 is 0 Å². The molecule has 1 amide bonds. The summed E-state index contributed by atoms with van der Waals surface area (Å²) in [4.78, 5) is 23.6. The Morgan fingerprint density at radius 2 is 1.88 bits per heavy atom. The molecule has 7 nitrogen and oxygen atoms in total. The Hall–Kier alpha value is -2.44. The zero-order chi connectivity index (χ0) is 18.6. The van der Waals surface area contributed by atoms with Gasteiger partial charge in [-0.2, -0.15) is 5.10 Å². The Kier molecular flexibility index (Phi) is 3.97. The standard InChI is InChI=1S/C19H26N6O/c1-10-8-15(22-19(20-10)13-6-7-13)21-14-9-16(26)24(4)18(14)17-11(2)23-25(5)12(17)3/h8,13-14,18H,6-7,9H2,1-5H3,(H,20,21,22)/t14-,18-/m1/s1. The van der Waals surface area contributed by atoms with Crippen LogP contribution in [0.3, 0.4) is 0 Å². The van der Waals surface area contributed by atoms with Crippen molar-refractivity contribution in [1.82, 2.24) is 24.6 Å². The number of anilines is 1. The fourth-order valence-corrected chi connectivity index (χ4v) is 3.99. The Balaban J connectivity index is 1.67. The van der Waals surface area contributed by atoms with Gasteiger partial charge in [0.05, 0.1) is 17.8 Å². The minimum absolute atomic E-state index is 0.0320. The first-order valence-electron chi connectivity index (χ1n) is 9.23. The van der Waals surface area contributed by atoms with Crippen LogP contribution in [-0.2, 0) is 11.8 Å². The summed E-state index contributed by atoms with van der Waals surface area (Å²) in [7, 11) is 3.82. The van der Waals surface area contributed by atoms with Gasteiger partial charge in [-0.25, -0.2) is 9.97 Å². The lowest BCUT2D eigenvalue weighted by atomic mass is 9.98. The number of aromatic nitrogens is 4. The summed E-state index contributed by atoms with van der Waals surface area (Å²) in [5, 5.41) is 8.07. The van der Waals surface area contributed by atoms with Gasteiger partial charge in [0.15, 0.2) is 0 Å². The lowest BCUT2D eigenvalue weighted by Crippen LogP contribution is -2.31. The van der Waals surface area contributed by atoms with Crippen molar-refractivity contribution in [2.24, 2.45) is 7.05 Å². The molecule has 0 radical (unpaired) electrons. The molecular weight excluding hydrogens is 328 g/mol. The zero-order valence-electron chi connectivity index (χ0n) is 16.1. The number of carbonyl (C=O) groups excluding carboxylic acids is 1. The first-order valence-corrected chi connectivity index (χ1v) is 9.23. The molecule has 0 spiro atoms. The van der Waals surface area contributed by atoms with Gasteiger partial charge in [-0.15, -0.1) is 0 Å². The molecular formula is C19H26N6O. The highest BCUT2D eigenvalue weighted by molar-refractivity contribution is 5.81. The molecule has 4 rings (SSSR count). The third-order valence-electron chi connectivity index (χ3n) is 5.59. The van der Waals surface area contributed by atoms with E-state index in [2.05, 4.69) is 22.3 Å². The summed E-state index contributed by atoms with van der Waals surface area (Å²) >= 11 is 0. The third-order valence-corrected chi connectivity index (χ3v) is 5.59. The number of aryl methyl sites for hydroxylation is 3. The van der Waals surface area contributed by atoms with E-state index in [1.165, 1.54) is 12.8 Å². The van der Waals surface area contributed by atoms with Crippen LogP contribution in [0.15, 0.2) is 6.07 Å². The van der Waals surface area contributed by atoms with Crippen molar-refractivity contribution in [1.29, 1.82) is 0 Å². The average molecular weight is 354 g/mol. The molecule has 1 saturated carbocycles. The zero-order valence-corrected chi connectivity index (χ0v) is 16.1. The summed E-state index contributed by atoms with van der Waals surface area (Å²) in [6.45, 7) is 6.07. The predicted molar refractivity (Wildman–Crippen MR) is 99.0 cm³/mol. The Labute approximate surface area is 153 Å². The monoisotopic (exact) mass is 354 g/mol. The van der Waals surface area contributed by atoms with Crippen molar-refractivity contribution in [3.05, 3.63) is 34.5 Å². The lowest BCUT2D eigenvalue weighted by molar-refractivity contribution is -0.127. The highest BCUT2D eigenvalue weighted by atomic mass is 16.2. The van der Waals surface area contributed by atoms with Crippen LogP contribution in [0, 0.1) is 20.8 Å². The molecule has 0 unspecified atom stereocenters. The van der Waals surface area contributed by atoms with E-state index in [0.29, 0.717) is 12.3 Å². The van der Waals surface area contributed by atoms with E-state index in [0.717, 1.165) is 34.3 Å². The molecule has 2 aliphatic rings. The minimum atomic E-state index is -0.0455.